The molecule has 0 atom stereocenters. The van der Waals surface area contributed by atoms with Gasteiger partial charge in [-0.3, -0.25) is 4.79 Å². The standard InChI is InChI=1S/C23H22N4O3/c1-16-21(17(2)30-26-16)15-29-22-11-7-6-10-20(22)23(28)24-12-18-13-25-27(14-18)19-8-4-3-5-9-19/h3-11,13-14H,12,15H2,1-2H3,(H,24,28). The van der Waals surface area contributed by atoms with E-state index in [1.807, 2.05) is 62.5 Å². The Morgan fingerprint density at radius 2 is 1.87 bits per heavy atom. The lowest BCUT2D eigenvalue weighted by Gasteiger charge is -2.11. The summed E-state index contributed by atoms with van der Waals surface area (Å²) in [6.07, 6.45) is 3.64. The van der Waals surface area contributed by atoms with Crippen LogP contribution in [-0.4, -0.2) is 20.8 Å². The number of amides is 1. The van der Waals surface area contributed by atoms with Crippen molar-refractivity contribution in [3.8, 4) is 11.4 Å². The average Bonchev–Trinajstić information content (AvgIpc) is 3.38. The first kappa shape index (κ1) is 19.4. The van der Waals surface area contributed by atoms with Crippen molar-refractivity contribution in [1.29, 1.82) is 0 Å². The molecular formula is C23H22N4O3. The van der Waals surface area contributed by atoms with Crippen molar-refractivity contribution in [2.24, 2.45) is 0 Å². The normalized spacial score (nSPS) is 10.7. The van der Waals surface area contributed by atoms with Crippen LogP contribution in [0.1, 0.15) is 32.9 Å². The fraction of sp³-hybridized carbons (Fsp3) is 0.174. The summed E-state index contributed by atoms with van der Waals surface area (Å²) in [5.41, 5.74) is 4.01. The molecule has 0 spiro atoms. The number of benzene rings is 2. The molecule has 0 aliphatic carbocycles. The number of ether oxygens (including phenoxy) is 1. The molecule has 2 aromatic carbocycles. The van der Waals surface area contributed by atoms with E-state index in [1.54, 1.807) is 23.0 Å². The molecule has 0 aliphatic rings. The molecule has 0 aliphatic heterocycles. The average molecular weight is 402 g/mol. The summed E-state index contributed by atoms with van der Waals surface area (Å²) in [6, 6.07) is 17.0. The van der Waals surface area contributed by atoms with Gasteiger partial charge in [0.05, 0.1) is 28.7 Å². The highest BCUT2D eigenvalue weighted by atomic mass is 16.5. The highest BCUT2D eigenvalue weighted by molar-refractivity contribution is 5.96. The van der Waals surface area contributed by atoms with Crippen LogP contribution >= 0.6 is 0 Å². The third kappa shape index (κ3) is 4.25. The Balaban J connectivity index is 1.41. The smallest absolute Gasteiger partial charge is 0.255 e. The van der Waals surface area contributed by atoms with Gasteiger partial charge in [-0.2, -0.15) is 5.10 Å². The molecule has 152 valence electrons. The van der Waals surface area contributed by atoms with Gasteiger partial charge in [-0.25, -0.2) is 4.68 Å². The van der Waals surface area contributed by atoms with Gasteiger partial charge in [-0.15, -0.1) is 0 Å². The lowest BCUT2D eigenvalue weighted by molar-refractivity contribution is 0.0946. The van der Waals surface area contributed by atoms with Crippen LogP contribution in [0.5, 0.6) is 5.75 Å². The summed E-state index contributed by atoms with van der Waals surface area (Å²) in [4.78, 5) is 12.8. The third-order valence-corrected chi connectivity index (χ3v) is 4.79. The summed E-state index contributed by atoms with van der Waals surface area (Å²) in [5.74, 6) is 1.01. The topological polar surface area (TPSA) is 82.2 Å². The molecule has 0 radical (unpaired) electrons. The summed E-state index contributed by atoms with van der Waals surface area (Å²) < 4.78 is 12.8. The number of hydrogen-bond acceptors (Lipinski definition) is 5. The number of nitrogens with zero attached hydrogens (tertiary/aromatic N) is 3. The van der Waals surface area contributed by atoms with Gasteiger partial charge in [-0.1, -0.05) is 35.5 Å². The minimum atomic E-state index is -0.211. The Kier molecular flexibility index (Phi) is 5.61. The van der Waals surface area contributed by atoms with Crippen LogP contribution in [0.4, 0.5) is 0 Å². The molecule has 4 aromatic rings. The van der Waals surface area contributed by atoms with Crippen molar-refractivity contribution in [3.05, 3.63) is 95.1 Å². The van der Waals surface area contributed by atoms with Gasteiger partial charge in [0, 0.05) is 18.3 Å². The summed E-state index contributed by atoms with van der Waals surface area (Å²) in [7, 11) is 0. The van der Waals surface area contributed by atoms with E-state index in [9.17, 15) is 4.79 Å². The number of carbonyl (C=O) groups is 1. The molecule has 1 N–H and O–H groups in total. The largest absolute Gasteiger partial charge is 0.488 e. The molecule has 30 heavy (non-hydrogen) atoms. The van der Waals surface area contributed by atoms with E-state index in [-0.39, 0.29) is 12.5 Å². The van der Waals surface area contributed by atoms with Crippen molar-refractivity contribution < 1.29 is 14.1 Å². The zero-order valence-electron chi connectivity index (χ0n) is 16.8. The number of rotatable bonds is 7. The van der Waals surface area contributed by atoms with Crippen LogP contribution in [0.25, 0.3) is 5.69 Å². The van der Waals surface area contributed by atoms with E-state index in [1.165, 1.54) is 0 Å². The Labute approximate surface area is 174 Å². The van der Waals surface area contributed by atoms with Crippen LogP contribution in [0.2, 0.25) is 0 Å². The van der Waals surface area contributed by atoms with Crippen LogP contribution in [-0.2, 0) is 13.2 Å². The molecule has 0 saturated heterocycles. The summed E-state index contributed by atoms with van der Waals surface area (Å²) >= 11 is 0. The first-order valence-electron chi connectivity index (χ1n) is 9.62. The van der Waals surface area contributed by atoms with Crippen molar-refractivity contribution in [3.63, 3.8) is 0 Å². The zero-order chi connectivity index (χ0) is 20.9. The molecule has 7 heteroatoms. The van der Waals surface area contributed by atoms with Crippen LogP contribution in [0.15, 0.2) is 71.5 Å². The van der Waals surface area contributed by atoms with Gasteiger partial charge < -0.3 is 14.6 Å². The first-order chi connectivity index (χ1) is 14.6. The maximum absolute atomic E-state index is 12.8. The van der Waals surface area contributed by atoms with Gasteiger partial charge >= 0.3 is 0 Å². The van der Waals surface area contributed by atoms with Crippen molar-refractivity contribution in [2.45, 2.75) is 27.0 Å². The maximum Gasteiger partial charge on any atom is 0.255 e. The van der Waals surface area contributed by atoms with E-state index in [2.05, 4.69) is 15.6 Å². The molecule has 2 heterocycles. The maximum atomic E-state index is 12.8. The van der Waals surface area contributed by atoms with Crippen molar-refractivity contribution in [2.75, 3.05) is 0 Å². The number of hydrogen-bond donors (Lipinski definition) is 1. The minimum Gasteiger partial charge on any atom is -0.488 e. The molecule has 0 bridgehead atoms. The SMILES string of the molecule is Cc1noc(C)c1COc1ccccc1C(=O)NCc1cnn(-c2ccccc2)c1. The summed E-state index contributed by atoms with van der Waals surface area (Å²) in [6.45, 7) is 4.36. The highest BCUT2D eigenvalue weighted by Gasteiger charge is 2.15. The van der Waals surface area contributed by atoms with Crippen LogP contribution in [0.3, 0.4) is 0 Å². The number of aryl methyl sites for hydroxylation is 2. The van der Waals surface area contributed by atoms with E-state index in [0.29, 0.717) is 23.6 Å². The fourth-order valence-electron chi connectivity index (χ4n) is 3.09. The number of carbonyl (C=O) groups excluding carboxylic acids is 1. The number of nitrogens with one attached hydrogen (secondary N) is 1. The summed E-state index contributed by atoms with van der Waals surface area (Å²) in [5, 5.41) is 11.2. The van der Waals surface area contributed by atoms with E-state index in [4.69, 9.17) is 9.26 Å². The Bertz CT molecular complexity index is 1130. The molecule has 1 amide bonds. The first-order valence-corrected chi connectivity index (χ1v) is 9.62. The molecule has 4 rings (SSSR count). The fourth-order valence-corrected chi connectivity index (χ4v) is 3.09. The predicted molar refractivity (Wildman–Crippen MR) is 111 cm³/mol. The second-order valence-corrected chi connectivity index (χ2v) is 6.90. The van der Waals surface area contributed by atoms with Gasteiger partial charge in [0.1, 0.15) is 18.1 Å². The molecule has 0 fully saturated rings. The van der Waals surface area contributed by atoms with Crippen molar-refractivity contribution >= 4 is 5.91 Å². The Hall–Kier alpha value is -3.87. The number of aromatic nitrogens is 3. The predicted octanol–water partition coefficient (Wildman–Crippen LogP) is 3.99. The minimum absolute atomic E-state index is 0.211. The highest BCUT2D eigenvalue weighted by Crippen LogP contribution is 2.21. The van der Waals surface area contributed by atoms with Crippen LogP contribution < -0.4 is 10.1 Å². The van der Waals surface area contributed by atoms with E-state index < -0.39 is 0 Å². The Morgan fingerprint density at radius 1 is 1.10 bits per heavy atom. The lowest BCUT2D eigenvalue weighted by Crippen LogP contribution is -2.23. The van der Waals surface area contributed by atoms with Gasteiger partial charge in [-0.05, 0) is 38.1 Å². The molecule has 7 nitrogen and oxygen atoms in total. The van der Waals surface area contributed by atoms with Crippen LogP contribution in [0, 0.1) is 13.8 Å². The second kappa shape index (κ2) is 8.65. The van der Waals surface area contributed by atoms with E-state index in [0.717, 1.165) is 22.5 Å². The van der Waals surface area contributed by atoms with Crippen molar-refractivity contribution in [1.82, 2.24) is 20.3 Å². The zero-order valence-corrected chi connectivity index (χ0v) is 16.8. The molecule has 0 unspecified atom stereocenters. The number of para-hydroxylation sites is 2. The third-order valence-electron chi connectivity index (χ3n) is 4.79. The molecule has 2 aromatic heterocycles. The van der Waals surface area contributed by atoms with E-state index >= 15 is 0 Å². The second-order valence-electron chi connectivity index (χ2n) is 6.90. The quantitative estimate of drug-likeness (QED) is 0.505. The molecular weight excluding hydrogens is 380 g/mol. The Morgan fingerprint density at radius 3 is 2.63 bits per heavy atom. The van der Waals surface area contributed by atoms with Gasteiger partial charge in [0.15, 0.2) is 0 Å². The monoisotopic (exact) mass is 402 g/mol. The van der Waals surface area contributed by atoms with Gasteiger partial charge in [0.25, 0.3) is 5.91 Å². The molecule has 0 saturated carbocycles. The lowest BCUT2D eigenvalue weighted by atomic mass is 10.1. The van der Waals surface area contributed by atoms with Gasteiger partial charge in [0.2, 0.25) is 0 Å².